The van der Waals surface area contributed by atoms with Crippen LogP contribution in [0.5, 0.6) is 0 Å². The van der Waals surface area contributed by atoms with Crippen molar-refractivity contribution < 1.29 is 4.79 Å². The second-order valence-corrected chi connectivity index (χ2v) is 6.97. The number of hydrogen-bond donors (Lipinski definition) is 2. The van der Waals surface area contributed by atoms with Crippen LogP contribution in [-0.2, 0) is 4.79 Å². The molecule has 1 aliphatic heterocycles. The third kappa shape index (κ3) is 2.50. The normalized spacial score (nSPS) is 16.9. The monoisotopic (exact) mass is 413 g/mol. The molecule has 3 N–H and O–H groups in total. The maximum absolute atomic E-state index is 11.6. The molecule has 0 bridgehead atoms. The molecule has 1 atom stereocenters. The van der Waals surface area contributed by atoms with Gasteiger partial charge in [0, 0.05) is 26.8 Å². The van der Waals surface area contributed by atoms with Gasteiger partial charge in [-0.3, -0.25) is 4.79 Å². The van der Waals surface area contributed by atoms with Gasteiger partial charge in [-0.15, -0.1) is 0 Å². The fourth-order valence-electron chi connectivity index (χ4n) is 1.91. The van der Waals surface area contributed by atoms with Crippen LogP contribution < -0.4 is 11.1 Å². The summed E-state index contributed by atoms with van der Waals surface area (Å²) in [6.45, 7) is 0. The average Bonchev–Trinajstić information content (AvgIpc) is 2.69. The summed E-state index contributed by atoms with van der Waals surface area (Å²) in [6, 6.07) is 7.01. The van der Waals surface area contributed by atoms with Crippen LogP contribution in [0.25, 0.3) is 0 Å². The molecule has 0 spiro atoms. The number of nitrogens with one attached hydrogen (secondary N) is 1. The molecule has 20 heavy (non-hydrogen) atoms. The highest BCUT2D eigenvalue weighted by atomic mass is 79.9. The molecule has 0 saturated carbocycles. The van der Waals surface area contributed by atoms with Crippen molar-refractivity contribution in [2.45, 2.75) is 16.0 Å². The van der Waals surface area contributed by atoms with Crippen LogP contribution in [-0.4, -0.2) is 10.9 Å². The Morgan fingerprint density at radius 3 is 2.85 bits per heavy atom. The standard InChI is InChI=1S/C13H9Br2N3OS/c14-7-2-1-3-17-13(7)20-10-5-9-6(4-8(10)15)11(16)12(19)18-9/h1-5,11H,16H2,(H,18,19). The number of carbonyl (C=O) groups is 1. The van der Waals surface area contributed by atoms with Gasteiger partial charge in [0.05, 0.1) is 4.47 Å². The lowest BCUT2D eigenvalue weighted by molar-refractivity contribution is -0.116. The van der Waals surface area contributed by atoms with Gasteiger partial charge >= 0.3 is 0 Å². The van der Waals surface area contributed by atoms with Crippen LogP contribution in [0.1, 0.15) is 11.6 Å². The number of rotatable bonds is 2. The predicted molar refractivity (Wildman–Crippen MR) is 85.8 cm³/mol. The molecular formula is C13H9Br2N3OS. The van der Waals surface area contributed by atoms with Gasteiger partial charge in [-0.2, -0.15) is 0 Å². The van der Waals surface area contributed by atoms with E-state index in [4.69, 9.17) is 5.73 Å². The topological polar surface area (TPSA) is 68.0 Å². The number of pyridine rings is 1. The third-order valence-electron chi connectivity index (χ3n) is 2.91. The summed E-state index contributed by atoms with van der Waals surface area (Å²) in [5, 5.41) is 3.65. The molecule has 2 aromatic rings. The van der Waals surface area contributed by atoms with E-state index in [1.807, 2.05) is 24.3 Å². The Kier molecular flexibility index (Phi) is 3.85. The van der Waals surface area contributed by atoms with Gasteiger partial charge < -0.3 is 11.1 Å². The SMILES string of the molecule is NC1C(=O)Nc2cc(Sc3ncccc3Br)c(Br)cc21. The first-order valence-corrected chi connectivity index (χ1v) is 8.15. The first-order chi connectivity index (χ1) is 9.56. The molecule has 2 heterocycles. The number of benzene rings is 1. The van der Waals surface area contributed by atoms with E-state index in [0.717, 1.165) is 30.1 Å². The Bertz CT molecular complexity index is 708. The number of carbonyl (C=O) groups excluding carboxylic acids is 1. The largest absolute Gasteiger partial charge is 0.324 e. The summed E-state index contributed by atoms with van der Waals surface area (Å²) in [7, 11) is 0. The molecule has 3 rings (SSSR count). The highest BCUT2D eigenvalue weighted by Gasteiger charge is 2.28. The number of nitrogens with zero attached hydrogens (tertiary/aromatic N) is 1. The van der Waals surface area contributed by atoms with Crippen LogP contribution in [0, 0.1) is 0 Å². The fraction of sp³-hybridized carbons (Fsp3) is 0.0769. The lowest BCUT2D eigenvalue weighted by atomic mass is 10.1. The van der Waals surface area contributed by atoms with Crippen LogP contribution >= 0.6 is 43.6 Å². The van der Waals surface area contributed by atoms with E-state index >= 15 is 0 Å². The lowest BCUT2D eigenvalue weighted by Gasteiger charge is -2.09. The zero-order chi connectivity index (χ0) is 14.3. The van der Waals surface area contributed by atoms with E-state index in [2.05, 4.69) is 42.2 Å². The average molecular weight is 415 g/mol. The number of halogens is 2. The third-order valence-corrected chi connectivity index (χ3v) is 5.81. The molecule has 1 amide bonds. The summed E-state index contributed by atoms with van der Waals surface area (Å²) >= 11 is 8.50. The Hall–Kier alpha value is -0.890. The van der Waals surface area contributed by atoms with Crippen LogP contribution in [0.3, 0.4) is 0 Å². The van der Waals surface area contributed by atoms with E-state index in [9.17, 15) is 4.79 Å². The van der Waals surface area contributed by atoms with Gasteiger partial charge in [0.1, 0.15) is 11.1 Å². The quantitative estimate of drug-likeness (QED) is 0.785. The van der Waals surface area contributed by atoms with Gasteiger partial charge in [0.25, 0.3) is 0 Å². The molecular weight excluding hydrogens is 406 g/mol. The molecule has 4 nitrogen and oxygen atoms in total. The second-order valence-electron chi connectivity index (χ2n) is 4.23. The van der Waals surface area contributed by atoms with Crippen molar-refractivity contribution in [3.8, 4) is 0 Å². The van der Waals surface area contributed by atoms with Crippen molar-refractivity contribution in [3.63, 3.8) is 0 Å². The van der Waals surface area contributed by atoms with E-state index < -0.39 is 6.04 Å². The molecule has 0 radical (unpaired) electrons. The van der Waals surface area contributed by atoms with Crippen molar-refractivity contribution in [3.05, 3.63) is 45.0 Å². The van der Waals surface area contributed by atoms with Crippen LogP contribution in [0.4, 0.5) is 5.69 Å². The molecule has 0 aliphatic carbocycles. The Balaban J connectivity index is 1.99. The van der Waals surface area contributed by atoms with E-state index in [1.165, 1.54) is 11.8 Å². The number of amides is 1. The van der Waals surface area contributed by atoms with Crippen LogP contribution in [0.2, 0.25) is 0 Å². The fourth-order valence-corrected chi connectivity index (χ4v) is 3.84. The molecule has 1 unspecified atom stereocenters. The van der Waals surface area contributed by atoms with Crippen LogP contribution in [0.15, 0.2) is 49.3 Å². The predicted octanol–water partition coefficient (Wildman–Crippen LogP) is 3.71. The van der Waals surface area contributed by atoms with Gasteiger partial charge in [-0.1, -0.05) is 11.8 Å². The summed E-state index contributed by atoms with van der Waals surface area (Å²) in [6.07, 6.45) is 1.74. The van der Waals surface area contributed by atoms with Gasteiger partial charge in [0.15, 0.2) is 0 Å². The summed E-state index contributed by atoms with van der Waals surface area (Å²) < 4.78 is 1.82. The Morgan fingerprint density at radius 1 is 1.30 bits per heavy atom. The van der Waals surface area contributed by atoms with Gasteiger partial charge in [-0.25, -0.2) is 4.98 Å². The van der Waals surface area contributed by atoms with E-state index in [-0.39, 0.29) is 5.91 Å². The zero-order valence-electron chi connectivity index (χ0n) is 10.1. The second kappa shape index (κ2) is 5.48. The maximum atomic E-state index is 11.6. The van der Waals surface area contributed by atoms with Gasteiger partial charge in [-0.05, 0) is 56.1 Å². The van der Waals surface area contributed by atoms with Crippen molar-refractivity contribution in [1.29, 1.82) is 0 Å². The number of fused-ring (bicyclic) bond motifs is 1. The minimum absolute atomic E-state index is 0.173. The molecule has 1 aromatic carbocycles. The van der Waals surface area contributed by atoms with Crippen molar-refractivity contribution >= 4 is 55.2 Å². The van der Waals surface area contributed by atoms with Crippen molar-refractivity contribution in [1.82, 2.24) is 4.98 Å². The molecule has 7 heteroatoms. The van der Waals surface area contributed by atoms with Gasteiger partial charge in [0.2, 0.25) is 5.91 Å². The number of hydrogen-bond acceptors (Lipinski definition) is 4. The first kappa shape index (κ1) is 14.1. The van der Waals surface area contributed by atoms with Crippen molar-refractivity contribution in [2.24, 2.45) is 5.73 Å². The maximum Gasteiger partial charge on any atom is 0.245 e. The highest BCUT2D eigenvalue weighted by Crippen LogP contribution is 2.41. The number of anilines is 1. The smallest absolute Gasteiger partial charge is 0.245 e. The molecule has 0 saturated heterocycles. The minimum Gasteiger partial charge on any atom is -0.324 e. The summed E-state index contributed by atoms with van der Waals surface area (Å²) in [5.41, 5.74) is 7.40. The molecule has 1 aliphatic rings. The lowest BCUT2D eigenvalue weighted by Crippen LogP contribution is -2.19. The highest BCUT2D eigenvalue weighted by molar-refractivity contribution is 9.11. The number of aromatic nitrogens is 1. The summed E-state index contributed by atoms with van der Waals surface area (Å²) in [5.74, 6) is -0.173. The molecule has 102 valence electrons. The van der Waals surface area contributed by atoms with E-state index in [1.54, 1.807) is 6.20 Å². The molecule has 0 fully saturated rings. The Labute approximate surface area is 136 Å². The summed E-state index contributed by atoms with van der Waals surface area (Å²) in [4.78, 5) is 16.9. The van der Waals surface area contributed by atoms with E-state index in [0.29, 0.717) is 0 Å². The zero-order valence-corrected chi connectivity index (χ0v) is 14.0. The Morgan fingerprint density at radius 2 is 2.10 bits per heavy atom. The minimum atomic E-state index is -0.595. The van der Waals surface area contributed by atoms with Crippen molar-refractivity contribution in [2.75, 3.05) is 5.32 Å². The molecule has 1 aromatic heterocycles. The number of nitrogens with two attached hydrogens (primary N) is 1. The first-order valence-electron chi connectivity index (χ1n) is 5.74.